The summed E-state index contributed by atoms with van der Waals surface area (Å²) < 4.78 is 11.0. The molecule has 2 heterocycles. The fourth-order valence-electron chi connectivity index (χ4n) is 3.07. The number of para-hydroxylation sites is 1. The first-order valence-corrected chi connectivity index (χ1v) is 6.88. The third-order valence-corrected chi connectivity index (χ3v) is 4.16. The van der Waals surface area contributed by atoms with Crippen molar-refractivity contribution in [1.29, 1.82) is 0 Å². The van der Waals surface area contributed by atoms with E-state index in [2.05, 4.69) is 0 Å². The molecule has 0 saturated heterocycles. The topological polar surface area (TPSA) is 116 Å². The average molecular weight is 316 g/mol. The lowest BCUT2D eigenvalue weighted by Gasteiger charge is -2.43. The molecule has 0 bridgehead atoms. The van der Waals surface area contributed by atoms with E-state index in [1.807, 2.05) is 0 Å². The van der Waals surface area contributed by atoms with Crippen LogP contribution in [-0.4, -0.2) is 38.9 Å². The van der Waals surface area contributed by atoms with Gasteiger partial charge in [-0.05, 0) is 6.07 Å². The van der Waals surface area contributed by atoms with Crippen LogP contribution in [-0.2, 0) is 5.60 Å². The predicted molar refractivity (Wildman–Crippen MR) is 76.0 cm³/mol. The third kappa shape index (κ3) is 1.65. The van der Waals surface area contributed by atoms with Gasteiger partial charge in [0.25, 0.3) is 0 Å². The lowest BCUT2D eigenvalue weighted by molar-refractivity contribution is -0.0806. The van der Waals surface area contributed by atoms with Crippen LogP contribution in [0.1, 0.15) is 15.9 Å². The van der Waals surface area contributed by atoms with Crippen LogP contribution in [0.3, 0.4) is 0 Å². The zero-order chi connectivity index (χ0) is 16.4. The molecule has 0 aromatic heterocycles. The number of ketones is 1. The highest BCUT2D eigenvalue weighted by atomic mass is 16.6. The fraction of sp³-hybridized carbons (Fsp3) is 0.188. The van der Waals surface area contributed by atoms with Crippen molar-refractivity contribution in [2.24, 2.45) is 0 Å². The van der Waals surface area contributed by atoms with Crippen LogP contribution in [0, 0.1) is 0 Å². The van der Waals surface area contributed by atoms with E-state index in [0.29, 0.717) is 0 Å². The number of carbonyl (C=O) groups excluding carboxylic acids is 1. The van der Waals surface area contributed by atoms with Gasteiger partial charge in [0.2, 0.25) is 5.78 Å². The molecule has 2 aromatic carbocycles. The van der Waals surface area contributed by atoms with Crippen molar-refractivity contribution in [1.82, 2.24) is 0 Å². The van der Waals surface area contributed by atoms with Gasteiger partial charge >= 0.3 is 0 Å². The van der Waals surface area contributed by atoms with Crippen LogP contribution in [0.2, 0.25) is 0 Å². The summed E-state index contributed by atoms with van der Waals surface area (Å²) >= 11 is 0. The van der Waals surface area contributed by atoms with Gasteiger partial charge in [0, 0.05) is 17.7 Å². The minimum Gasteiger partial charge on any atom is -0.508 e. The van der Waals surface area contributed by atoms with Gasteiger partial charge in [-0.25, -0.2) is 0 Å². The average Bonchev–Trinajstić information content (AvgIpc) is 2.49. The van der Waals surface area contributed by atoms with Crippen LogP contribution in [0.25, 0.3) is 0 Å². The van der Waals surface area contributed by atoms with Crippen LogP contribution in [0.15, 0.2) is 30.3 Å². The molecule has 2 aliphatic rings. The molecule has 0 radical (unpaired) electrons. The Morgan fingerprint density at radius 2 is 1.91 bits per heavy atom. The minimum atomic E-state index is -2.10. The number of ether oxygens (including phenoxy) is 2. The second-order valence-electron chi connectivity index (χ2n) is 5.50. The number of hydrogen-bond donors (Lipinski definition) is 4. The smallest absolute Gasteiger partial charge is 0.210 e. The quantitative estimate of drug-likeness (QED) is 0.573. The molecule has 2 atom stereocenters. The van der Waals surface area contributed by atoms with Gasteiger partial charge < -0.3 is 29.9 Å². The summed E-state index contributed by atoms with van der Waals surface area (Å²) in [6, 6.07) is 6.47. The van der Waals surface area contributed by atoms with E-state index < -0.39 is 23.2 Å². The first-order valence-electron chi connectivity index (χ1n) is 6.88. The van der Waals surface area contributed by atoms with E-state index in [4.69, 9.17) is 9.47 Å². The zero-order valence-electron chi connectivity index (χ0n) is 11.7. The molecule has 7 heteroatoms. The number of hydrogen-bond acceptors (Lipinski definition) is 7. The van der Waals surface area contributed by atoms with E-state index in [-0.39, 0.29) is 40.7 Å². The molecule has 0 spiro atoms. The largest absolute Gasteiger partial charge is 0.508 e. The monoisotopic (exact) mass is 316 g/mol. The minimum absolute atomic E-state index is 0.00455. The number of phenols is 3. The number of benzene rings is 2. The Morgan fingerprint density at radius 3 is 2.70 bits per heavy atom. The molecule has 118 valence electrons. The van der Waals surface area contributed by atoms with E-state index >= 15 is 0 Å². The second-order valence-corrected chi connectivity index (χ2v) is 5.50. The first-order chi connectivity index (χ1) is 10.9. The Balaban J connectivity index is 1.97. The van der Waals surface area contributed by atoms with Gasteiger partial charge in [-0.2, -0.15) is 0 Å². The molecular formula is C16H12O7. The van der Waals surface area contributed by atoms with Gasteiger partial charge in [0.1, 0.15) is 29.4 Å². The van der Waals surface area contributed by atoms with E-state index in [1.54, 1.807) is 0 Å². The Morgan fingerprint density at radius 1 is 1.13 bits per heavy atom. The summed E-state index contributed by atoms with van der Waals surface area (Å²) in [6.45, 7) is -0.178. The molecule has 4 rings (SSSR count). The molecule has 23 heavy (non-hydrogen) atoms. The molecular weight excluding hydrogens is 304 g/mol. The zero-order valence-corrected chi connectivity index (χ0v) is 11.7. The number of fused-ring (bicyclic) bond motifs is 4. The lowest BCUT2D eigenvalue weighted by Crippen LogP contribution is -2.57. The number of rotatable bonds is 0. The van der Waals surface area contributed by atoms with Gasteiger partial charge in [0.15, 0.2) is 23.2 Å². The summed E-state index contributed by atoms with van der Waals surface area (Å²) in [4.78, 5) is 12.9. The van der Waals surface area contributed by atoms with Crippen molar-refractivity contribution in [3.05, 3.63) is 41.5 Å². The van der Waals surface area contributed by atoms with Crippen LogP contribution >= 0.6 is 0 Å². The van der Waals surface area contributed by atoms with E-state index in [0.717, 1.165) is 6.07 Å². The number of phenolic OH excluding ortho intramolecular Hbond substituents is 3. The molecule has 0 unspecified atom stereocenters. The maximum Gasteiger partial charge on any atom is 0.210 e. The fourth-order valence-corrected chi connectivity index (χ4v) is 3.07. The highest BCUT2D eigenvalue weighted by molar-refractivity contribution is 6.09. The first kappa shape index (κ1) is 13.7. The Bertz CT molecular complexity index is 845. The van der Waals surface area contributed by atoms with Gasteiger partial charge in [-0.1, -0.05) is 12.1 Å². The number of aliphatic hydroxyl groups is 1. The van der Waals surface area contributed by atoms with Crippen LogP contribution in [0.4, 0.5) is 0 Å². The van der Waals surface area contributed by atoms with Crippen molar-refractivity contribution < 1.29 is 34.7 Å². The summed E-state index contributed by atoms with van der Waals surface area (Å²) in [5, 5.41) is 40.4. The highest BCUT2D eigenvalue weighted by Crippen LogP contribution is 2.50. The molecule has 0 saturated carbocycles. The molecule has 7 nitrogen and oxygen atoms in total. The molecule has 2 aromatic rings. The highest BCUT2D eigenvalue weighted by Gasteiger charge is 2.56. The van der Waals surface area contributed by atoms with Crippen LogP contribution in [0.5, 0.6) is 28.7 Å². The normalized spacial score (nSPS) is 24.7. The summed E-state index contributed by atoms with van der Waals surface area (Å²) in [5.41, 5.74) is -2.26. The van der Waals surface area contributed by atoms with Gasteiger partial charge in [-0.15, -0.1) is 0 Å². The number of aromatic hydroxyl groups is 3. The molecule has 0 amide bonds. The molecule has 0 fully saturated rings. The molecule has 4 N–H and O–H groups in total. The Hall–Kier alpha value is -2.93. The Labute approximate surface area is 130 Å². The third-order valence-electron chi connectivity index (χ3n) is 4.16. The Kier molecular flexibility index (Phi) is 2.56. The van der Waals surface area contributed by atoms with Gasteiger partial charge in [-0.3, -0.25) is 4.79 Å². The SMILES string of the molecule is O=C1c2c(O)cc(O)cc2O[C@@H]2COc3c(O)cccc3[C@]12O. The van der Waals surface area contributed by atoms with E-state index in [9.17, 15) is 25.2 Å². The van der Waals surface area contributed by atoms with Crippen molar-refractivity contribution in [2.45, 2.75) is 11.7 Å². The number of Topliss-reactive ketones (excluding diaryl/α,β-unsaturated/α-hetero) is 1. The number of carbonyl (C=O) groups is 1. The summed E-state index contributed by atoms with van der Waals surface area (Å²) in [7, 11) is 0. The maximum absolute atomic E-state index is 12.9. The van der Waals surface area contributed by atoms with Crippen LogP contribution < -0.4 is 9.47 Å². The van der Waals surface area contributed by atoms with E-state index in [1.165, 1.54) is 24.3 Å². The second kappa shape index (κ2) is 4.30. The predicted octanol–water partition coefficient (Wildman–Crippen LogP) is 1.03. The lowest BCUT2D eigenvalue weighted by atomic mass is 9.77. The molecule has 2 aliphatic heterocycles. The van der Waals surface area contributed by atoms with Crippen molar-refractivity contribution in [3.63, 3.8) is 0 Å². The molecule has 0 aliphatic carbocycles. The van der Waals surface area contributed by atoms with Crippen molar-refractivity contribution >= 4 is 5.78 Å². The maximum atomic E-state index is 12.9. The van der Waals surface area contributed by atoms with Crippen molar-refractivity contribution in [3.8, 4) is 28.7 Å². The summed E-state index contributed by atoms with van der Waals surface area (Å²) in [5.74, 6) is -1.78. The van der Waals surface area contributed by atoms with Crippen molar-refractivity contribution in [2.75, 3.05) is 6.61 Å². The van der Waals surface area contributed by atoms with Gasteiger partial charge in [0.05, 0.1) is 0 Å². The summed E-state index contributed by atoms with van der Waals surface area (Å²) in [6.07, 6.45) is -1.07. The standard InChI is InChI=1S/C16H12O7/c17-7-4-10(19)13-11(5-7)23-12-6-22-14-8(2-1-3-9(14)18)16(12,21)15(13)20/h1-5,12,17-19,21H,6H2/t12-,16-/m1/s1.